The molecule has 0 bridgehead atoms. The standard InChI is InChI=1S/C16H23FN2O2/c1-18(2)11-16(21)9-10-19(12-16)15(20)8-7-13-5-3-4-6-14(13)17/h3-6,21H,7-12H2,1-2H3/t16-/m1/s1. The Hall–Kier alpha value is -1.46. The number of carbonyl (C=O) groups is 1. The van der Waals surface area contributed by atoms with Crippen LogP contribution in [0.15, 0.2) is 24.3 Å². The number of β-amino-alcohol motifs (C(OH)–C–C–N with tert-alkyl or cyclic N) is 1. The van der Waals surface area contributed by atoms with Crippen LogP contribution < -0.4 is 0 Å². The van der Waals surface area contributed by atoms with Crippen LogP contribution >= 0.6 is 0 Å². The highest BCUT2D eigenvalue weighted by Gasteiger charge is 2.38. The SMILES string of the molecule is CN(C)C[C@]1(O)CCN(C(=O)CCc2ccccc2F)C1. The van der Waals surface area contributed by atoms with Gasteiger partial charge >= 0.3 is 0 Å². The van der Waals surface area contributed by atoms with Crippen molar-refractivity contribution in [2.45, 2.75) is 24.9 Å². The summed E-state index contributed by atoms with van der Waals surface area (Å²) in [7, 11) is 3.81. The zero-order chi connectivity index (χ0) is 15.5. The molecule has 116 valence electrons. The maximum absolute atomic E-state index is 13.5. The van der Waals surface area contributed by atoms with E-state index in [4.69, 9.17) is 0 Å². The number of hydrogen-bond donors (Lipinski definition) is 1. The molecule has 1 aromatic carbocycles. The summed E-state index contributed by atoms with van der Waals surface area (Å²) in [6.45, 7) is 1.48. The molecular formula is C16H23FN2O2. The Morgan fingerprint density at radius 3 is 2.81 bits per heavy atom. The predicted octanol–water partition coefficient (Wildman–Crippen LogP) is 1.28. The zero-order valence-electron chi connectivity index (χ0n) is 12.7. The van der Waals surface area contributed by atoms with Gasteiger partial charge in [-0.05, 0) is 38.6 Å². The van der Waals surface area contributed by atoms with Crippen LogP contribution in [-0.2, 0) is 11.2 Å². The number of halogens is 1. The Balaban J connectivity index is 1.86. The number of amides is 1. The number of carbonyl (C=O) groups excluding carboxylic acids is 1. The molecule has 1 heterocycles. The van der Waals surface area contributed by atoms with Gasteiger partial charge in [0.05, 0.1) is 12.1 Å². The molecule has 1 fully saturated rings. The van der Waals surface area contributed by atoms with Gasteiger partial charge in [0, 0.05) is 19.5 Å². The third-order valence-corrected chi connectivity index (χ3v) is 3.86. The molecule has 5 heteroatoms. The van der Waals surface area contributed by atoms with Crippen molar-refractivity contribution in [3.8, 4) is 0 Å². The first-order valence-corrected chi connectivity index (χ1v) is 7.28. The van der Waals surface area contributed by atoms with Gasteiger partial charge < -0.3 is 14.9 Å². The van der Waals surface area contributed by atoms with E-state index in [0.29, 0.717) is 38.0 Å². The molecule has 0 spiro atoms. The molecule has 1 aliphatic heterocycles. The van der Waals surface area contributed by atoms with Crippen molar-refractivity contribution >= 4 is 5.91 Å². The lowest BCUT2D eigenvalue weighted by molar-refractivity contribution is -0.131. The molecule has 0 saturated carbocycles. The number of rotatable bonds is 5. The summed E-state index contributed by atoms with van der Waals surface area (Å²) in [4.78, 5) is 15.8. The minimum atomic E-state index is -0.822. The summed E-state index contributed by atoms with van der Waals surface area (Å²) in [6, 6.07) is 6.53. The summed E-state index contributed by atoms with van der Waals surface area (Å²) in [6.07, 6.45) is 1.27. The van der Waals surface area contributed by atoms with E-state index in [1.54, 1.807) is 23.1 Å². The van der Waals surface area contributed by atoms with Crippen molar-refractivity contribution in [3.05, 3.63) is 35.6 Å². The van der Waals surface area contributed by atoms with Gasteiger partial charge in [-0.1, -0.05) is 18.2 Å². The molecule has 1 amide bonds. The molecule has 1 aliphatic rings. The number of aryl methyl sites for hydroxylation is 1. The molecule has 0 aromatic heterocycles. The molecule has 0 unspecified atom stereocenters. The monoisotopic (exact) mass is 294 g/mol. The first-order valence-electron chi connectivity index (χ1n) is 7.28. The van der Waals surface area contributed by atoms with E-state index in [-0.39, 0.29) is 18.1 Å². The van der Waals surface area contributed by atoms with Crippen molar-refractivity contribution in [1.82, 2.24) is 9.80 Å². The molecule has 1 N–H and O–H groups in total. The van der Waals surface area contributed by atoms with Crippen LogP contribution in [0.4, 0.5) is 4.39 Å². The van der Waals surface area contributed by atoms with Crippen molar-refractivity contribution in [1.29, 1.82) is 0 Å². The van der Waals surface area contributed by atoms with Crippen LogP contribution in [0.1, 0.15) is 18.4 Å². The number of likely N-dealkylation sites (N-methyl/N-ethyl adjacent to an activating group) is 1. The minimum absolute atomic E-state index is 0.0204. The fourth-order valence-corrected chi connectivity index (χ4v) is 2.89. The fourth-order valence-electron chi connectivity index (χ4n) is 2.89. The van der Waals surface area contributed by atoms with E-state index in [2.05, 4.69) is 0 Å². The van der Waals surface area contributed by atoms with Gasteiger partial charge in [0.2, 0.25) is 5.91 Å². The highest BCUT2D eigenvalue weighted by atomic mass is 19.1. The second-order valence-corrected chi connectivity index (χ2v) is 6.12. The molecule has 1 aromatic rings. The summed E-state index contributed by atoms with van der Waals surface area (Å²) >= 11 is 0. The van der Waals surface area contributed by atoms with Gasteiger partial charge in [-0.25, -0.2) is 4.39 Å². The van der Waals surface area contributed by atoms with E-state index >= 15 is 0 Å². The maximum atomic E-state index is 13.5. The largest absolute Gasteiger partial charge is 0.387 e. The smallest absolute Gasteiger partial charge is 0.223 e. The first kappa shape index (κ1) is 15.9. The summed E-state index contributed by atoms with van der Waals surface area (Å²) in [5, 5.41) is 10.4. The molecule has 1 saturated heterocycles. The fraction of sp³-hybridized carbons (Fsp3) is 0.562. The maximum Gasteiger partial charge on any atom is 0.223 e. The van der Waals surface area contributed by atoms with Crippen molar-refractivity contribution in [3.63, 3.8) is 0 Å². The van der Waals surface area contributed by atoms with Gasteiger partial charge in [0.25, 0.3) is 0 Å². The van der Waals surface area contributed by atoms with Gasteiger partial charge in [-0.3, -0.25) is 4.79 Å². The Morgan fingerprint density at radius 1 is 1.43 bits per heavy atom. The summed E-state index contributed by atoms with van der Waals surface area (Å²) in [5.74, 6) is -0.288. The van der Waals surface area contributed by atoms with Crippen molar-refractivity contribution in [2.24, 2.45) is 0 Å². The van der Waals surface area contributed by atoms with E-state index in [1.807, 2.05) is 19.0 Å². The van der Waals surface area contributed by atoms with Crippen LogP contribution in [-0.4, -0.2) is 60.1 Å². The minimum Gasteiger partial charge on any atom is -0.387 e. The highest BCUT2D eigenvalue weighted by Crippen LogP contribution is 2.23. The van der Waals surface area contributed by atoms with E-state index < -0.39 is 5.60 Å². The second kappa shape index (κ2) is 6.54. The molecule has 0 aliphatic carbocycles. The lowest BCUT2D eigenvalue weighted by Gasteiger charge is -2.26. The van der Waals surface area contributed by atoms with Crippen molar-refractivity contribution in [2.75, 3.05) is 33.7 Å². The topological polar surface area (TPSA) is 43.8 Å². The summed E-state index contributed by atoms with van der Waals surface area (Å²) < 4.78 is 13.5. The van der Waals surface area contributed by atoms with E-state index in [9.17, 15) is 14.3 Å². The predicted molar refractivity (Wildman–Crippen MR) is 79.4 cm³/mol. The lowest BCUT2D eigenvalue weighted by Crippen LogP contribution is -2.43. The average Bonchev–Trinajstić information content (AvgIpc) is 2.79. The van der Waals surface area contributed by atoms with Crippen LogP contribution in [0.25, 0.3) is 0 Å². The van der Waals surface area contributed by atoms with Gasteiger partial charge in [0.1, 0.15) is 5.82 Å². The van der Waals surface area contributed by atoms with Gasteiger partial charge in [-0.15, -0.1) is 0 Å². The third-order valence-electron chi connectivity index (χ3n) is 3.86. The number of aliphatic hydroxyl groups is 1. The van der Waals surface area contributed by atoms with E-state index in [0.717, 1.165) is 0 Å². The quantitative estimate of drug-likeness (QED) is 0.890. The Morgan fingerprint density at radius 2 is 2.14 bits per heavy atom. The molecule has 2 rings (SSSR count). The lowest BCUT2D eigenvalue weighted by atomic mass is 10.0. The third kappa shape index (κ3) is 4.25. The molecule has 21 heavy (non-hydrogen) atoms. The van der Waals surface area contributed by atoms with Gasteiger partial charge in [-0.2, -0.15) is 0 Å². The molecular weight excluding hydrogens is 271 g/mol. The number of hydrogen-bond acceptors (Lipinski definition) is 3. The Kier molecular flexibility index (Phi) is 4.96. The Labute approximate surface area is 125 Å². The first-order chi connectivity index (χ1) is 9.89. The molecule has 0 radical (unpaired) electrons. The summed E-state index contributed by atoms with van der Waals surface area (Å²) in [5.41, 5.74) is -0.259. The molecule has 1 atom stereocenters. The number of nitrogens with zero attached hydrogens (tertiary/aromatic N) is 2. The average molecular weight is 294 g/mol. The zero-order valence-corrected chi connectivity index (χ0v) is 12.7. The van der Waals surface area contributed by atoms with Gasteiger partial charge in [0.15, 0.2) is 0 Å². The van der Waals surface area contributed by atoms with Crippen LogP contribution in [0.3, 0.4) is 0 Å². The van der Waals surface area contributed by atoms with Crippen LogP contribution in [0.2, 0.25) is 0 Å². The number of benzene rings is 1. The normalized spacial score (nSPS) is 22.0. The highest BCUT2D eigenvalue weighted by molar-refractivity contribution is 5.77. The van der Waals surface area contributed by atoms with E-state index in [1.165, 1.54) is 6.07 Å². The Bertz CT molecular complexity index is 507. The van der Waals surface area contributed by atoms with Crippen LogP contribution in [0.5, 0.6) is 0 Å². The van der Waals surface area contributed by atoms with Crippen LogP contribution in [0, 0.1) is 5.82 Å². The van der Waals surface area contributed by atoms with Crippen molar-refractivity contribution < 1.29 is 14.3 Å². The molecule has 4 nitrogen and oxygen atoms in total. The number of likely N-dealkylation sites (tertiary alicyclic amines) is 1. The second-order valence-electron chi connectivity index (χ2n) is 6.12.